The largest absolute Gasteiger partial charge is 0.326 e. The molecule has 2 rings (SSSR count). The molecule has 0 radical (unpaired) electrons. The Balaban J connectivity index is 2.38. The molecule has 0 bridgehead atoms. The van der Waals surface area contributed by atoms with Crippen molar-refractivity contribution in [3.05, 3.63) is 41.2 Å². The first-order valence-corrected chi connectivity index (χ1v) is 7.26. The average Bonchev–Trinajstić information content (AvgIpc) is 2.70. The van der Waals surface area contributed by atoms with Gasteiger partial charge in [0.1, 0.15) is 0 Å². The SMILES string of the molecule is Cc1n[nH]c(C)c1NS(=O)(=O)c1cccc(CN)c1. The van der Waals surface area contributed by atoms with Crippen LogP contribution in [0.1, 0.15) is 17.0 Å². The molecule has 102 valence electrons. The van der Waals surface area contributed by atoms with Crippen molar-refractivity contribution in [2.24, 2.45) is 5.73 Å². The van der Waals surface area contributed by atoms with E-state index in [1.54, 1.807) is 32.0 Å². The Bertz CT molecular complexity index is 672. The van der Waals surface area contributed by atoms with Crippen molar-refractivity contribution in [3.8, 4) is 0 Å². The van der Waals surface area contributed by atoms with E-state index < -0.39 is 10.0 Å². The molecule has 1 aromatic carbocycles. The van der Waals surface area contributed by atoms with Crippen LogP contribution < -0.4 is 10.5 Å². The Morgan fingerprint density at radius 3 is 2.68 bits per heavy atom. The van der Waals surface area contributed by atoms with Crippen LogP contribution in [0.25, 0.3) is 0 Å². The average molecular weight is 280 g/mol. The summed E-state index contributed by atoms with van der Waals surface area (Å²) < 4.78 is 27.1. The van der Waals surface area contributed by atoms with Gasteiger partial charge >= 0.3 is 0 Å². The van der Waals surface area contributed by atoms with E-state index in [1.165, 1.54) is 6.07 Å². The monoisotopic (exact) mass is 280 g/mol. The fourth-order valence-electron chi connectivity index (χ4n) is 1.73. The van der Waals surface area contributed by atoms with Gasteiger partial charge in [-0.1, -0.05) is 12.1 Å². The molecule has 6 nitrogen and oxygen atoms in total. The Morgan fingerprint density at radius 2 is 2.11 bits per heavy atom. The van der Waals surface area contributed by atoms with Crippen molar-refractivity contribution in [1.82, 2.24) is 10.2 Å². The normalized spacial score (nSPS) is 11.5. The van der Waals surface area contributed by atoms with Crippen LogP contribution in [0.15, 0.2) is 29.2 Å². The van der Waals surface area contributed by atoms with Crippen molar-refractivity contribution < 1.29 is 8.42 Å². The number of sulfonamides is 1. The summed E-state index contributed by atoms with van der Waals surface area (Å²) in [7, 11) is -3.63. The number of nitrogens with zero attached hydrogens (tertiary/aromatic N) is 1. The Morgan fingerprint density at radius 1 is 1.37 bits per heavy atom. The van der Waals surface area contributed by atoms with E-state index in [0.717, 1.165) is 5.56 Å². The second kappa shape index (κ2) is 5.02. The fourth-order valence-corrected chi connectivity index (χ4v) is 2.99. The molecule has 2 aromatic rings. The molecule has 19 heavy (non-hydrogen) atoms. The summed E-state index contributed by atoms with van der Waals surface area (Å²) in [6, 6.07) is 6.55. The lowest BCUT2D eigenvalue weighted by atomic mass is 10.2. The molecule has 0 amide bonds. The summed E-state index contributed by atoms with van der Waals surface area (Å²) >= 11 is 0. The van der Waals surface area contributed by atoms with Crippen LogP contribution in [0.2, 0.25) is 0 Å². The third-order valence-electron chi connectivity index (χ3n) is 2.81. The van der Waals surface area contributed by atoms with Crippen LogP contribution in [-0.2, 0) is 16.6 Å². The molecule has 0 aliphatic heterocycles. The van der Waals surface area contributed by atoms with E-state index in [0.29, 0.717) is 23.6 Å². The standard InChI is InChI=1S/C12H16N4O2S/c1-8-12(9(2)15-14-8)16-19(17,18)11-5-3-4-10(6-11)7-13/h3-6,16H,7,13H2,1-2H3,(H,14,15). The molecule has 4 N–H and O–H groups in total. The highest BCUT2D eigenvalue weighted by Crippen LogP contribution is 2.21. The number of aromatic amines is 1. The molecule has 0 aliphatic rings. The van der Waals surface area contributed by atoms with Crippen molar-refractivity contribution in [3.63, 3.8) is 0 Å². The minimum Gasteiger partial charge on any atom is -0.326 e. The third-order valence-corrected chi connectivity index (χ3v) is 4.16. The third kappa shape index (κ3) is 2.77. The number of hydrogen-bond acceptors (Lipinski definition) is 4. The van der Waals surface area contributed by atoms with Crippen molar-refractivity contribution >= 4 is 15.7 Å². The Labute approximate surface area is 112 Å². The van der Waals surface area contributed by atoms with Crippen LogP contribution >= 0.6 is 0 Å². The van der Waals surface area contributed by atoms with Gasteiger partial charge in [0.2, 0.25) is 0 Å². The van der Waals surface area contributed by atoms with Gasteiger partial charge < -0.3 is 5.73 Å². The zero-order valence-electron chi connectivity index (χ0n) is 10.8. The van der Waals surface area contributed by atoms with Gasteiger partial charge in [0.15, 0.2) is 0 Å². The van der Waals surface area contributed by atoms with Gasteiger partial charge in [-0.2, -0.15) is 5.10 Å². The highest BCUT2D eigenvalue weighted by atomic mass is 32.2. The summed E-state index contributed by atoms with van der Waals surface area (Å²) in [6.45, 7) is 3.79. The molecule has 0 saturated heterocycles. The Kier molecular flexibility index (Phi) is 3.59. The number of aryl methyl sites for hydroxylation is 2. The highest BCUT2D eigenvalue weighted by molar-refractivity contribution is 7.92. The van der Waals surface area contributed by atoms with E-state index in [4.69, 9.17) is 5.73 Å². The maximum atomic E-state index is 12.3. The maximum absolute atomic E-state index is 12.3. The van der Waals surface area contributed by atoms with Gasteiger partial charge in [-0.25, -0.2) is 8.42 Å². The molecule has 0 saturated carbocycles. The number of hydrogen-bond donors (Lipinski definition) is 3. The molecular formula is C12H16N4O2S. The first-order valence-electron chi connectivity index (χ1n) is 5.77. The molecule has 0 spiro atoms. The van der Waals surface area contributed by atoms with Gasteiger partial charge in [0.25, 0.3) is 10.0 Å². The number of nitrogens with two attached hydrogens (primary N) is 1. The molecule has 0 atom stereocenters. The van der Waals surface area contributed by atoms with Crippen molar-refractivity contribution in [2.45, 2.75) is 25.3 Å². The van der Waals surface area contributed by atoms with E-state index in [1.807, 2.05) is 0 Å². The van der Waals surface area contributed by atoms with Crippen LogP contribution in [0.3, 0.4) is 0 Å². The van der Waals surface area contributed by atoms with Crippen LogP contribution in [-0.4, -0.2) is 18.6 Å². The molecular weight excluding hydrogens is 264 g/mol. The van der Waals surface area contributed by atoms with Gasteiger partial charge in [-0.15, -0.1) is 0 Å². The van der Waals surface area contributed by atoms with E-state index in [9.17, 15) is 8.42 Å². The van der Waals surface area contributed by atoms with Crippen LogP contribution in [0, 0.1) is 13.8 Å². The lowest BCUT2D eigenvalue weighted by Gasteiger charge is -2.09. The number of aromatic nitrogens is 2. The predicted octanol–water partition coefficient (Wildman–Crippen LogP) is 1.29. The second-order valence-corrected chi connectivity index (χ2v) is 5.95. The second-order valence-electron chi connectivity index (χ2n) is 4.27. The smallest absolute Gasteiger partial charge is 0.262 e. The lowest BCUT2D eigenvalue weighted by Crippen LogP contribution is -2.14. The summed E-state index contributed by atoms with van der Waals surface area (Å²) in [6.07, 6.45) is 0. The number of anilines is 1. The summed E-state index contributed by atoms with van der Waals surface area (Å²) in [4.78, 5) is 0.190. The van der Waals surface area contributed by atoms with Crippen LogP contribution in [0.4, 0.5) is 5.69 Å². The molecule has 1 aromatic heterocycles. The summed E-state index contributed by atoms with van der Waals surface area (Å²) in [5.74, 6) is 0. The minimum atomic E-state index is -3.63. The topological polar surface area (TPSA) is 101 Å². The van der Waals surface area contributed by atoms with E-state index in [2.05, 4.69) is 14.9 Å². The van der Waals surface area contributed by atoms with Gasteiger partial charge in [-0.05, 0) is 31.5 Å². The maximum Gasteiger partial charge on any atom is 0.262 e. The zero-order valence-corrected chi connectivity index (χ0v) is 11.6. The summed E-state index contributed by atoms with van der Waals surface area (Å²) in [5.41, 5.74) is 8.05. The summed E-state index contributed by atoms with van der Waals surface area (Å²) in [5, 5.41) is 6.69. The van der Waals surface area contributed by atoms with Gasteiger partial charge in [0, 0.05) is 6.54 Å². The van der Waals surface area contributed by atoms with Gasteiger partial charge in [-0.3, -0.25) is 9.82 Å². The van der Waals surface area contributed by atoms with E-state index >= 15 is 0 Å². The number of benzene rings is 1. The Hall–Kier alpha value is -1.86. The first-order chi connectivity index (χ1) is 8.94. The molecule has 0 aliphatic carbocycles. The quantitative estimate of drug-likeness (QED) is 0.785. The van der Waals surface area contributed by atoms with Gasteiger partial charge in [0.05, 0.1) is 22.0 Å². The molecule has 0 fully saturated rings. The number of rotatable bonds is 4. The highest BCUT2D eigenvalue weighted by Gasteiger charge is 2.18. The number of H-pyrrole nitrogens is 1. The molecule has 1 heterocycles. The number of nitrogens with one attached hydrogen (secondary N) is 2. The zero-order chi connectivity index (χ0) is 14.0. The van der Waals surface area contributed by atoms with Crippen molar-refractivity contribution in [1.29, 1.82) is 0 Å². The van der Waals surface area contributed by atoms with Crippen LogP contribution in [0.5, 0.6) is 0 Å². The first kappa shape index (κ1) is 13.6. The van der Waals surface area contributed by atoms with Crippen molar-refractivity contribution in [2.75, 3.05) is 4.72 Å². The molecule has 7 heteroatoms. The van der Waals surface area contributed by atoms with E-state index in [-0.39, 0.29) is 4.90 Å². The minimum absolute atomic E-state index is 0.190. The predicted molar refractivity (Wildman–Crippen MR) is 73.2 cm³/mol. The fraction of sp³-hybridized carbons (Fsp3) is 0.250. The molecule has 0 unspecified atom stereocenters. The lowest BCUT2D eigenvalue weighted by molar-refractivity contribution is 0.601.